The number of esters is 1. The number of nitrogens with zero attached hydrogens (tertiary/aromatic N) is 4. The highest BCUT2D eigenvalue weighted by atomic mass is 16.5. The Hall–Kier alpha value is -4.14. The molecule has 4 aromatic rings. The number of para-hydroxylation sites is 2. The normalized spacial score (nSPS) is 12.0. The molecule has 0 N–H and O–H groups in total. The molecule has 0 radical (unpaired) electrons. The number of ether oxygens (including phenoxy) is 2. The SMILES string of the molecule is CCOC(=O)[C@H](C)n1cnc2c1c(=O)n(Cc1ccccc1)c(=O)n2-c1ccccc1OC. The summed E-state index contributed by atoms with van der Waals surface area (Å²) in [6.07, 6.45) is 1.38. The molecule has 0 aliphatic rings. The zero-order chi connectivity index (χ0) is 23.5. The van der Waals surface area contributed by atoms with E-state index in [4.69, 9.17) is 9.47 Å². The standard InChI is InChI=1S/C24H24N4O5/c1-4-33-23(30)16(2)27-15-25-21-20(27)22(29)26(14-17-10-6-5-7-11-17)24(31)28(21)18-12-8-9-13-19(18)32-3/h5-13,15-16H,4,14H2,1-3H3/t16-/m0/s1. The second-order valence-corrected chi connectivity index (χ2v) is 7.42. The van der Waals surface area contributed by atoms with Gasteiger partial charge < -0.3 is 14.0 Å². The summed E-state index contributed by atoms with van der Waals surface area (Å²) in [5.74, 6) is -0.0559. The Bertz CT molecular complexity index is 1420. The van der Waals surface area contributed by atoms with Crippen LogP contribution in [-0.2, 0) is 16.1 Å². The predicted molar refractivity (Wildman–Crippen MR) is 123 cm³/mol. The highest BCUT2D eigenvalue weighted by molar-refractivity contribution is 5.79. The van der Waals surface area contributed by atoms with E-state index in [-0.39, 0.29) is 24.3 Å². The molecule has 9 nitrogen and oxygen atoms in total. The molecule has 0 unspecified atom stereocenters. The smallest absolute Gasteiger partial charge is 0.337 e. The van der Waals surface area contributed by atoms with E-state index in [0.717, 1.165) is 10.1 Å². The van der Waals surface area contributed by atoms with Crippen LogP contribution in [0.25, 0.3) is 16.9 Å². The van der Waals surface area contributed by atoms with E-state index in [1.807, 2.05) is 30.3 Å². The molecule has 0 amide bonds. The molecule has 33 heavy (non-hydrogen) atoms. The third-order valence-electron chi connectivity index (χ3n) is 5.41. The monoisotopic (exact) mass is 448 g/mol. The number of benzene rings is 2. The summed E-state index contributed by atoms with van der Waals surface area (Å²) in [7, 11) is 1.50. The van der Waals surface area contributed by atoms with Gasteiger partial charge in [0.2, 0.25) is 0 Å². The summed E-state index contributed by atoms with van der Waals surface area (Å²) in [6.45, 7) is 3.60. The van der Waals surface area contributed by atoms with Gasteiger partial charge in [-0.15, -0.1) is 0 Å². The van der Waals surface area contributed by atoms with Crippen molar-refractivity contribution in [3.8, 4) is 11.4 Å². The maximum Gasteiger partial charge on any atom is 0.337 e. The third kappa shape index (κ3) is 3.93. The van der Waals surface area contributed by atoms with Gasteiger partial charge in [0.15, 0.2) is 11.2 Å². The van der Waals surface area contributed by atoms with E-state index >= 15 is 0 Å². The number of imidazole rings is 1. The zero-order valence-corrected chi connectivity index (χ0v) is 18.6. The fourth-order valence-electron chi connectivity index (χ4n) is 3.75. The lowest BCUT2D eigenvalue weighted by Gasteiger charge is -2.16. The minimum atomic E-state index is -0.809. The van der Waals surface area contributed by atoms with Crippen LogP contribution in [-0.4, -0.2) is 38.4 Å². The molecule has 0 aliphatic heterocycles. The van der Waals surface area contributed by atoms with E-state index in [1.165, 1.54) is 22.6 Å². The minimum absolute atomic E-state index is 0.0581. The number of hydrogen-bond donors (Lipinski definition) is 0. The molecule has 0 aliphatic carbocycles. The molecule has 2 aromatic heterocycles. The van der Waals surface area contributed by atoms with Crippen molar-refractivity contribution >= 4 is 17.1 Å². The van der Waals surface area contributed by atoms with Crippen LogP contribution < -0.4 is 16.0 Å². The van der Waals surface area contributed by atoms with Gasteiger partial charge in [-0.3, -0.25) is 9.36 Å². The van der Waals surface area contributed by atoms with Crippen molar-refractivity contribution in [1.82, 2.24) is 18.7 Å². The van der Waals surface area contributed by atoms with Crippen LogP contribution in [0.1, 0.15) is 25.5 Å². The molecule has 4 rings (SSSR count). The summed E-state index contributed by atoms with van der Waals surface area (Å²) in [4.78, 5) is 44.0. The Balaban J connectivity index is 2.05. The van der Waals surface area contributed by atoms with E-state index in [2.05, 4.69) is 4.98 Å². The Labute approximate surface area is 189 Å². The van der Waals surface area contributed by atoms with Crippen LogP contribution in [0.5, 0.6) is 5.75 Å². The van der Waals surface area contributed by atoms with Gasteiger partial charge in [0.05, 0.1) is 32.3 Å². The van der Waals surface area contributed by atoms with Crippen molar-refractivity contribution in [3.05, 3.63) is 87.3 Å². The third-order valence-corrected chi connectivity index (χ3v) is 5.41. The van der Waals surface area contributed by atoms with Crippen molar-refractivity contribution < 1.29 is 14.3 Å². The van der Waals surface area contributed by atoms with Crippen molar-refractivity contribution in [2.75, 3.05) is 13.7 Å². The molecule has 1 atom stereocenters. The number of carbonyl (C=O) groups is 1. The molecule has 0 saturated heterocycles. The molecule has 0 bridgehead atoms. The predicted octanol–water partition coefficient (Wildman–Crippen LogP) is 2.53. The molecular formula is C24H24N4O5. The van der Waals surface area contributed by atoms with Crippen LogP contribution in [0.2, 0.25) is 0 Å². The van der Waals surface area contributed by atoms with Crippen molar-refractivity contribution in [3.63, 3.8) is 0 Å². The lowest BCUT2D eigenvalue weighted by Crippen LogP contribution is -2.40. The second-order valence-electron chi connectivity index (χ2n) is 7.42. The maximum atomic E-state index is 13.6. The lowest BCUT2D eigenvalue weighted by atomic mass is 10.2. The highest BCUT2D eigenvalue weighted by Gasteiger charge is 2.25. The van der Waals surface area contributed by atoms with Gasteiger partial charge in [0.1, 0.15) is 11.8 Å². The van der Waals surface area contributed by atoms with E-state index in [0.29, 0.717) is 11.4 Å². The Kier molecular flexibility index (Phi) is 6.12. The zero-order valence-electron chi connectivity index (χ0n) is 18.6. The van der Waals surface area contributed by atoms with Crippen LogP contribution in [0.3, 0.4) is 0 Å². The van der Waals surface area contributed by atoms with Gasteiger partial charge >= 0.3 is 11.7 Å². The molecule has 2 heterocycles. The highest BCUT2D eigenvalue weighted by Crippen LogP contribution is 2.24. The van der Waals surface area contributed by atoms with Gasteiger partial charge in [0, 0.05) is 0 Å². The fraction of sp³-hybridized carbons (Fsp3) is 0.250. The molecule has 0 fully saturated rings. The quantitative estimate of drug-likeness (QED) is 0.403. The van der Waals surface area contributed by atoms with Gasteiger partial charge in [-0.1, -0.05) is 42.5 Å². The fourth-order valence-corrected chi connectivity index (χ4v) is 3.75. The Morgan fingerprint density at radius 3 is 2.45 bits per heavy atom. The summed E-state index contributed by atoms with van der Waals surface area (Å²) in [5.41, 5.74) is 0.374. The summed E-state index contributed by atoms with van der Waals surface area (Å²) < 4.78 is 14.5. The Morgan fingerprint density at radius 2 is 1.76 bits per heavy atom. The maximum absolute atomic E-state index is 13.6. The van der Waals surface area contributed by atoms with Crippen molar-refractivity contribution in [1.29, 1.82) is 0 Å². The van der Waals surface area contributed by atoms with E-state index in [1.54, 1.807) is 38.1 Å². The summed E-state index contributed by atoms with van der Waals surface area (Å²) in [6, 6.07) is 15.4. The van der Waals surface area contributed by atoms with E-state index in [9.17, 15) is 14.4 Å². The first kappa shape index (κ1) is 22.1. The molecule has 0 spiro atoms. The Morgan fingerprint density at radius 1 is 1.06 bits per heavy atom. The molecular weight excluding hydrogens is 424 g/mol. The second kappa shape index (κ2) is 9.15. The summed E-state index contributed by atoms with van der Waals surface area (Å²) >= 11 is 0. The number of methoxy groups -OCH3 is 1. The summed E-state index contributed by atoms with van der Waals surface area (Å²) in [5, 5.41) is 0. The first-order valence-electron chi connectivity index (χ1n) is 10.5. The number of aromatic nitrogens is 4. The first-order chi connectivity index (χ1) is 16.0. The van der Waals surface area contributed by atoms with Crippen molar-refractivity contribution in [2.24, 2.45) is 0 Å². The first-order valence-corrected chi connectivity index (χ1v) is 10.5. The minimum Gasteiger partial charge on any atom is -0.495 e. The number of fused-ring (bicyclic) bond motifs is 1. The average molecular weight is 448 g/mol. The topological polar surface area (TPSA) is 97.4 Å². The lowest BCUT2D eigenvalue weighted by molar-refractivity contribution is -0.146. The van der Waals surface area contributed by atoms with E-state index < -0.39 is 23.3 Å². The molecule has 2 aromatic carbocycles. The number of rotatable bonds is 7. The van der Waals surface area contributed by atoms with Gasteiger partial charge in [-0.05, 0) is 31.5 Å². The van der Waals surface area contributed by atoms with Gasteiger partial charge in [-0.25, -0.2) is 19.1 Å². The molecule has 0 saturated carbocycles. The number of carbonyl (C=O) groups excluding carboxylic acids is 1. The molecule has 170 valence electrons. The van der Waals surface area contributed by atoms with Gasteiger partial charge in [0.25, 0.3) is 5.56 Å². The molecule has 9 heteroatoms. The van der Waals surface area contributed by atoms with Gasteiger partial charge in [-0.2, -0.15) is 0 Å². The number of hydrogen-bond acceptors (Lipinski definition) is 6. The van der Waals surface area contributed by atoms with Crippen LogP contribution >= 0.6 is 0 Å². The van der Waals surface area contributed by atoms with Crippen molar-refractivity contribution in [2.45, 2.75) is 26.4 Å². The van der Waals surface area contributed by atoms with Crippen LogP contribution in [0, 0.1) is 0 Å². The average Bonchev–Trinajstić information content (AvgIpc) is 3.27. The van der Waals surface area contributed by atoms with Crippen LogP contribution in [0.4, 0.5) is 0 Å². The van der Waals surface area contributed by atoms with Crippen LogP contribution in [0.15, 0.2) is 70.5 Å². The largest absolute Gasteiger partial charge is 0.495 e.